The molecule has 0 saturated heterocycles. The lowest BCUT2D eigenvalue weighted by atomic mass is 10.1. The molecule has 0 unspecified atom stereocenters. The average molecular weight is 282 g/mol. The summed E-state index contributed by atoms with van der Waals surface area (Å²) in [5.74, 6) is 0.443. The van der Waals surface area contributed by atoms with Crippen molar-refractivity contribution in [3.63, 3.8) is 0 Å². The number of ether oxygens (including phenoxy) is 1. The van der Waals surface area contributed by atoms with Crippen LogP contribution in [0.15, 0.2) is 36.4 Å². The van der Waals surface area contributed by atoms with Crippen molar-refractivity contribution in [2.45, 2.75) is 19.3 Å². The Labute approximate surface area is 123 Å². The number of aryl methyl sites for hydroxylation is 2. The highest BCUT2D eigenvalue weighted by molar-refractivity contribution is 6.04. The standard InChI is InChI=1S/C17H18N2O2/c1-21-16-10-14(7-8-15(16)18)19-17(20)13-6-5-11-3-2-4-12(11)9-13/h5-10H,2-4,18H2,1H3,(H,19,20). The monoisotopic (exact) mass is 282 g/mol. The number of benzene rings is 2. The molecule has 0 aromatic heterocycles. The van der Waals surface area contributed by atoms with Crippen molar-refractivity contribution in [1.82, 2.24) is 0 Å². The van der Waals surface area contributed by atoms with Gasteiger partial charge in [0.25, 0.3) is 5.91 Å². The number of nitrogens with two attached hydrogens (primary N) is 1. The Hall–Kier alpha value is -2.49. The van der Waals surface area contributed by atoms with Crippen molar-refractivity contribution in [3.05, 3.63) is 53.1 Å². The first-order valence-corrected chi connectivity index (χ1v) is 7.04. The van der Waals surface area contributed by atoms with Gasteiger partial charge < -0.3 is 15.8 Å². The van der Waals surface area contributed by atoms with Crippen LogP contribution in [0.25, 0.3) is 0 Å². The van der Waals surface area contributed by atoms with Crippen LogP contribution in [0.4, 0.5) is 11.4 Å². The molecule has 0 aliphatic heterocycles. The van der Waals surface area contributed by atoms with Crippen LogP contribution >= 0.6 is 0 Å². The maximum absolute atomic E-state index is 12.3. The van der Waals surface area contributed by atoms with Gasteiger partial charge in [0.2, 0.25) is 0 Å². The highest BCUT2D eigenvalue weighted by Gasteiger charge is 2.14. The maximum atomic E-state index is 12.3. The molecule has 0 bridgehead atoms. The van der Waals surface area contributed by atoms with Crippen molar-refractivity contribution < 1.29 is 9.53 Å². The molecule has 3 N–H and O–H groups in total. The molecule has 1 aliphatic carbocycles. The third-order valence-electron chi connectivity index (χ3n) is 3.85. The number of methoxy groups -OCH3 is 1. The number of nitrogens with one attached hydrogen (secondary N) is 1. The Morgan fingerprint density at radius 2 is 1.95 bits per heavy atom. The number of hydrogen-bond acceptors (Lipinski definition) is 3. The van der Waals surface area contributed by atoms with Gasteiger partial charge in [-0.05, 0) is 54.7 Å². The number of fused-ring (bicyclic) bond motifs is 1. The fraction of sp³-hybridized carbons (Fsp3) is 0.235. The Morgan fingerprint density at radius 3 is 2.76 bits per heavy atom. The minimum atomic E-state index is -0.114. The van der Waals surface area contributed by atoms with E-state index >= 15 is 0 Å². The molecule has 1 amide bonds. The van der Waals surface area contributed by atoms with Gasteiger partial charge in [0.05, 0.1) is 12.8 Å². The van der Waals surface area contributed by atoms with Gasteiger partial charge in [-0.25, -0.2) is 0 Å². The third-order valence-corrected chi connectivity index (χ3v) is 3.85. The Bertz CT molecular complexity index is 695. The van der Waals surface area contributed by atoms with Crippen molar-refractivity contribution in [2.75, 3.05) is 18.2 Å². The van der Waals surface area contributed by atoms with Crippen molar-refractivity contribution in [3.8, 4) is 5.75 Å². The summed E-state index contributed by atoms with van der Waals surface area (Å²) in [7, 11) is 1.55. The molecule has 21 heavy (non-hydrogen) atoms. The molecule has 3 rings (SSSR count). The molecule has 0 heterocycles. The van der Waals surface area contributed by atoms with Crippen LogP contribution < -0.4 is 15.8 Å². The van der Waals surface area contributed by atoms with E-state index in [1.807, 2.05) is 12.1 Å². The van der Waals surface area contributed by atoms with Crippen molar-refractivity contribution >= 4 is 17.3 Å². The number of rotatable bonds is 3. The van der Waals surface area contributed by atoms with Gasteiger partial charge in [-0.3, -0.25) is 4.79 Å². The Kier molecular flexibility index (Phi) is 3.52. The lowest BCUT2D eigenvalue weighted by Gasteiger charge is -2.10. The first-order valence-electron chi connectivity index (χ1n) is 7.04. The maximum Gasteiger partial charge on any atom is 0.255 e. The lowest BCUT2D eigenvalue weighted by molar-refractivity contribution is 0.102. The predicted octanol–water partition coefficient (Wildman–Crippen LogP) is 3.02. The summed E-state index contributed by atoms with van der Waals surface area (Å²) in [5.41, 5.74) is 10.3. The van der Waals surface area contributed by atoms with Crippen molar-refractivity contribution in [2.24, 2.45) is 0 Å². The lowest BCUT2D eigenvalue weighted by Crippen LogP contribution is -2.12. The summed E-state index contributed by atoms with van der Waals surface area (Å²) >= 11 is 0. The number of carbonyl (C=O) groups is 1. The van der Waals surface area contributed by atoms with E-state index in [2.05, 4.69) is 11.4 Å². The number of nitrogen functional groups attached to an aromatic ring is 1. The topological polar surface area (TPSA) is 64.3 Å². The first kappa shape index (κ1) is 13.5. The molecule has 0 fully saturated rings. The zero-order valence-electron chi connectivity index (χ0n) is 12.0. The summed E-state index contributed by atoms with van der Waals surface area (Å²) in [6.45, 7) is 0. The van der Waals surface area contributed by atoms with Gasteiger partial charge in [-0.2, -0.15) is 0 Å². The highest BCUT2D eigenvalue weighted by atomic mass is 16.5. The zero-order chi connectivity index (χ0) is 14.8. The molecule has 4 heteroatoms. The van der Waals surface area contributed by atoms with Gasteiger partial charge >= 0.3 is 0 Å². The fourth-order valence-corrected chi connectivity index (χ4v) is 2.71. The van der Waals surface area contributed by atoms with E-state index in [9.17, 15) is 4.79 Å². The summed E-state index contributed by atoms with van der Waals surface area (Å²) in [5, 5.41) is 2.88. The highest BCUT2D eigenvalue weighted by Crippen LogP contribution is 2.26. The van der Waals surface area contributed by atoms with Gasteiger partial charge in [0.1, 0.15) is 5.75 Å². The van der Waals surface area contributed by atoms with Gasteiger partial charge in [-0.15, -0.1) is 0 Å². The molecule has 0 saturated carbocycles. The number of hydrogen-bond donors (Lipinski definition) is 2. The number of carbonyl (C=O) groups excluding carboxylic acids is 1. The minimum absolute atomic E-state index is 0.114. The largest absolute Gasteiger partial charge is 0.495 e. The number of anilines is 2. The van der Waals surface area contributed by atoms with Crippen LogP contribution in [0.1, 0.15) is 27.9 Å². The molecule has 0 atom stereocenters. The van der Waals surface area contributed by atoms with Crippen LogP contribution in [0.5, 0.6) is 5.75 Å². The minimum Gasteiger partial charge on any atom is -0.495 e. The van der Waals surface area contributed by atoms with Crippen LogP contribution in [-0.2, 0) is 12.8 Å². The van der Waals surface area contributed by atoms with E-state index in [-0.39, 0.29) is 5.91 Å². The molecule has 2 aromatic carbocycles. The Morgan fingerprint density at radius 1 is 1.14 bits per heavy atom. The molecule has 108 valence electrons. The molecular formula is C17H18N2O2. The second-order valence-electron chi connectivity index (χ2n) is 5.25. The summed E-state index contributed by atoms with van der Waals surface area (Å²) in [6.07, 6.45) is 3.36. The number of amides is 1. The second kappa shape index (κ2) is 5.48. The quantitative estimate of drug-likeness (QED) is 0.850. The third kappa shape index (κ3) is 2.70. The zero-order valence-corrected chi connectivity index (χ0v) is 12.0. The first-order chi connectivity index (χ1) is 10.2. The fourth-order valence-electron chi connectivity index (χ4n) is 2.71. The van der Waals surface area contributed by atoms with E-state index in [0.717, 1.165) is 12.8 Å². The molecule has 4 nitrogen and oxygen atoms in total. The molecular weight excluding hydrogens is 264 g/mol. The van der Waals surface area contributed by atoms with Crippen LogP contribution in [0.3, 0.4) is 0 Å². The normalized spacial score (nSPS) is 12.8. The van der Waals surface area contributed by atoms with Crippen molar-refractivity contribution in [1.29, 1.82) is 0 Å². The summed E-state index contributed by atoms with van der Waals surface area (Å²) in [6, 6.07) is 11.1. The molecule has 0 spiro atoms. The second-order valence-corrected chi connectivity index (χ2v) is 5.25. The van der Waals surface area contributed by atoms with Gasteiger partial charge in [0, 0.05) is 17.3 Å². The smallest absolute Gasteiger partial charge is 0.255 e. The molecule has 1 aliphatic rings. The molecule has 2 aromatic rings. The van der Waals surface area contributed by atoms with E-state index in [0.29, 0.717) is 22.7 Å². The van der Waals surface area contributed by atoms with E-state index in [4.69, 9.17) is 10.5 Å². The van der Waals surface area contributed by atoms with Crippen LogP contribution in [0.2, 0.25) is 0 Å². The summed E-state index contributed by atoms with van der Waals surface area (Å²) < 4.78 is 5.16. The predicted molar refractivity (Wildman–Crippen MR) is 83.8 cm³/mol. The van der Waals surface area contributed by atoms with E-state index in [1.54, 1.807) is 25.3 Å². The SMILES string of the molecule is COc1cc(NC(=O)c2ccc3c(c2)CCC3)ccc1N. The molecule has 0 radical (unpaired) electrons. The Balaban J connectivity index is 1.80. The average Bonchev–Trinajstić information content (AvgIpc) is 2.96. The van der Waals surface area contributed by atoms with E-state index in [1.165, 1.54) is 17.5 Å². The van der Waals surface area contributed by atoms with Gasteiger partial charge in [-0.1, -0.05) is 6.07 Å². The van der Waals surface area contributed by atoms with Gasteiger partial charge in [0.15, 0.2) is 0 Å². The van der Waals surface area contributed by atoms with Crippen LogP contribution in [-0.4, -0.2) is 13.0 Å². The van der Waals surface area contributed by atoms with Crippen LogP contribution in [0, 0.1) is 0 Å². The van der Waals surface area contributed by atoms with E-state index < -0.39 is 0 Å². The summed E-state index contributed by atoms with van der Waals surface area (Å²) in [4.78, 5) is 12.3.